The Labute approximate surface area is 157 Å². The van der Waals surface area contributed by atoms with E-state index in [0.717, 1.165) is 23.7 Å². The fraction of sp³-hybridized carbons (Fsp3) is 0.238. The van der Waals surface area contributed by atoms with Crippen molar-refractivity contribution in [2.24, 2.45) is 0 Å². The van der Waals surface area contributed by atoms with E-state index in [2.05, 4.69) is 15.3 Å². The lowest BCUT2D eigenvalue weighted by molar-refractivity contribution is 0.0698. The second-order valence-corrected chi connectivity index (χ2v) is 6.65. The second kappa shape index (κ2) is 7.53. The zero-order valence-corrected chi connectivity index (χ0v) is 14.8. The van der Waals surface area contributed by atoms with Gasteiger partial charge in [0.25, 0.3) is 11.8 Å². The van der Waals surface area contributed by atoms with E-state index >= 15 is 0 Å². The van der Waals surface area contributed by atoms with E-state index in [4.69, 9.17) is 0 Å². The minimum Gasteiger partial charge on any atom is -0.349 e. The average molecular weight is 360 g/mol. The van der Waals surface area contributed by atoms with Gasteiger partial charge < -0.3 is 10.2 Å². The van der Waals surface area contributed by atoms with Crippen LogP contribution in [-0.2, 0) is 0 Å². The summed E-state index contributed by atoms with van der Waals surface area (Å²) in [5.41, 5.74) is 2.09. The van der Waals surface area contributed by atoms with Crippen molar-refractivity contribution in [2.45, 2.75) is 18.9 Å². The van der Waals surface area contributed by atoms with E-state index in [-0.39, 0.29) is 17.9 Å². The first kappa shape index (κ1) is 17.1. The lowest BCUT2D eigenvalue weighted by atomic mass is 10.0. The van der Waals surface area contributed by atoms with Gasteiger partial charge in [0, 0.05) is 48.7 Å². The van der Waals surface area contributed by atoms with E-state index in [1.807, 2.05) is 29.2 Å². The van der Waals surface area contributed by atoms with Gasteiger partial charge in [-0.05, 0) is 37.1 Å². The van der Waals surface area contributed by atoms with Gasteiger partial charge in [0.2, 0.25) is 0 Å². The largest absolute Gasteiger partial charge is 0.349 e. The molecule has 27 heavy (non-hydrogen) atoms. The molecular formula is C21H20N4O2. The van der Waals surface area contributed by atoms with Crippen molar-refractivity contribution in [1.82, 2.24) is 20.2 Å². The normalized spacial score (nSPS) is 14.9. The van der Waals surface area contributed by atoms with Gasteiger partial charge in [0.05, 0.1) is 11.1 Å². The van der Waals surface area contributed by atoms with Gasteiger partial charge in [-0.3, -0.25) is 19.6 Å². The third kappa shape index (κ3) is 3.65. The van der Waals surface area contributed by atoms with Gasteiger partial charge in [0.15, 0.2) is 0 Å². The highest BCUT2D eigenvalue weighted by molar-refractivity contribution is 6.06. The van der Waals surface area contributed by atoms with Gasteiger partial charge >= 0.3 is 0 Å². The van der Waals surface area contributed by atoms with Crippen molar-refractivity contribution in [3.63, 3.8) is 0 Å². The number of likely N-dealkylation sites (tertiary alicyclic amines) is 1. The lowest BCUT2D eigenvalue weighted by Gasteiger charge is -2.32. The summed E-state index contributed by atoms with van der Waals surface area (Å²) in [6.45, 7) is 1.26. The molecule has 2 aromatic heterocycles. The highest BCUT2D eigenvalue weighted by atomic mass is 16.2. The van der Waals surface area contributed by atoms with Crippen molar-refractivity contribution in [3.8, 4) is 0 Å². The Balaban J connectivity index is 1.39. The van der Waals surface area contributed by atoms with Gasteiger partial charge in [-0.2, -0.15) is 0 Å². The van der Waals surface area contributed by atoms with Crippen molar-refractivity contribution < 1.29 is 9.59 Å². The second-order valence-electron chi connectivity index (χ2n) is 6.65. The number of carbonyl (C=O) groups is 2. The van der Waals surface area contributed by atoms with E-state index in [0.29, 0.717) is 24.2 Å². The fourth-order valence-corrected chi connectivity index (χ4v) is 3.46. The molecule has 136 valence electrons. The fourth-order valence-electron chi connectivity index (χ4n) is 3.46. The van der Waals surface area contributed by atoms with Crippen LogP contribution in [0.15, 0.2) is 61.1 Å². The van der Waals surface area contributed by atoms with E-state index in [1.54, 1.807) is 36.8 Å². The molecule has 4 rings (SSSR count). The van der Waals surface area contributed by atoms with E-state index in [1.165, 1.54) is 0 Å². The molecule has 1 saturated heterocycles. The molecule has 0 saturated carbocycles. The zero-order chi connectivity index (χ0) is 18.6. The van der Waals surface area contributed by atoms with Gasteiger partial charge in [-0.25, -0.2) is 0 Å². The van der Waals surface area contributed by atoms with Crippen molar-refractivity contribution in [2.75, 3.05) is 13.1 Å². The molecule has 0 radical (unpaired) electrons. The number of carbonyl (C=O) groups excluding carboxylic acids is 2. The summed E-state index contributed by atoms with van der Waals surface area (Å²) in [6.07, 6.45) is 6.39. The third-order valence-corrected chi connectivity index (χ3v) is 4.94. The number of piperidine rings is 1. The molecular weight excluding hydrogens is 340 g/mol. The molecule has 1 aliphatic heterocycles. The summed E-state index contributed by atoms with van der Waals surface area (Å²) in [5, 5.41) is 3.96. The number of fused-ring (bicyclic) bond motifs is 1. The summed E-state index contributed by atoms with van der Waals surface area (Å²) in [4.78, 5) is 35.3. The average Bonchev–Trinajstić information content (AvgIpc) is 2.74. The van der Waals surface area contributed by atoms with E-state index < -0.39 is 0 Å². The minimum atomic E-state index is -0.0903. The van der Waals surface area contributed by atoms with Crippen molar-refractivity contribution in [1.29, 1.82) is 0 Å². The molecule has 0 aliphatic carbocycles. The van der Waals surface area contributed by atoms with Crippen LogP contribution in [-0.4, -0.2) is 45.8 Å². The van der Waals surface area contributed by atoms with E-state index in [9.17, 15) is 9.59 Å². The standard InChI is InChI=1S/C21H20N4O2/c26-20(18-7-12-23-19-4-2-1-3-17(18)19)24-16-8-13-25(14-9-16)21(27)15-5-10-22-11-6-15/h1-7,10-12,16H,8-9,13-14H2,(H,24,26). The summed E-state index contributed by atoms with van der Waals surface area (Å²) in [6, 6.07) is 12.9. The van der Waals surface area contributed by atoms with Gasteiger partial charge in [-0.1, -0.05) is 18.2 Å². The number of hydrogen-bond acceptors (Lipinski definition) is 4. The molecule has 1 fully saturated rings. The van der Waals surface area contributed by atoms with Crippen molar-refractivity contribution in [3.05, 3.63) is 72.2 Å². The first-order chi connectivity index (χ1) is 13.2. The Kier molecular flexibility index (Phi) is 4.78. The Bertz CT molecular complexity index is 961. The number of pyridine rings is 2. The van der Waals surface area contributed by atoms with Crippen LogP contribution in [0.1, 0.15) is 33.6 Å². The Morgan fingerprint density at radius 3 is 2.48 bits per heavy atom. The first-order valence-corrected chi connectivity index (χ1v) is 9.06. The maximum Gasteiger partial charge on any atom is 0.253 e. The number of hydrogen-bond donors (Lipinski definition) is 1. The van der Waals surface area contributed by atoms with Crippen LogP contribution in [0.2, 0.25) is 0 Å². The summed E-state index contributed by atoms with van der Waals surface area (Å²) in [5.74, 6) is -0.0742. The molecule has 1 N–H and O–H groups in total. The monoisotopic (exact) mass is 360 g/mol. The predicted octanol–water partition coefficient (Wildman–Crippen LogP) is 2.66. The number of aromatic nitrogens is 2. The highest BCUT2D eigenvalue weighted by Gasteiger charge is 2.25. The van der Waals surface area contributed by atoms with Crippen molar-refractivity contribution >= 4 is 22.7 Å². The SMILES string of the molecule is O=C(NC1CCN(C(=O)c2ccncc2)CC1)c1ccnc2ccccc12. The number of benzene rings is 1. The molecule has 6 heteroatoms. The first-order valence-electron chi connectivity index (χ1n) is 9.06. The topological polar surface area (TPSA) is 75.2 Å². The van der Waals surface area contributed by atoms with Gasteiger partial charge in [-0.15, -0.1) is 0 Å². The number of amides is 2. The molecule has 0 unspecified atom stereocenters. The van der Waals surface area contributed by atoms with Crippen LogP contribution in [0.5, 0.6) is 0 Å². The molecule has 1 aromatic carbocycles. The molecule has 0 atom stereocenters. The maximum atomic E-state index is 12.7. The molecule has 0 bridgehead atoms. The van der Waals surface area contributed by atoms with Crippen LogP contribution in [0, 0.1) is 0 Å². The van der Waals surface area contributed by atoms with Crippen LogP contribution in [0.3, 0.4) is 0 Å². The molecule has 0 spiro atoms. The summed E-state index contributed by atoms with van der Waals surface area (Å²) >= 11 is 0. The van der Waals surface area contributed by atoms with Gasteiger partial charge in [0.1, 0.15) is 0 Å². The molecule has 1 aliphatic rings. The number of rotatable bonds is 3. The Morgan fingerprint density at radius 1 is 0.963 bits per heavy atom. The lowest BCUT2D eigenvalue weighted by Crippen LogP contribution is -2.46. The predicted molar refractivity (Wildman–Crippen MR) is 102 cm³/mol. The third-order valence-electron chi connectivity index (χ3n) is 4.94. The zero-order valence-electron chi connectivity index (χ0n) is 14.8. The quantitative estimate of drug-likeness (QED) is 0.779. The van der Waals surface area contributed by atoms with Crippen LogP contribution >= 0.6 is 0 Å². The molecule has 3 heterocycles. The van der Waals surface area contributed by atoms with Crippen LogP contribution in [0.4, 0.5) is 0 Å². The molecule has 2 amide bonds. The summed E-state index contributed by atoms with van der Waals surface area (Å²) in [7, 11) is 0. The highest BCUT2D eigenvalue weighted by Crippen LogP contribution is 2.18. The maximum absolute atomic E-state index is 12.7. The Morgan fingerprint density at radius 2 is 1.70 bits per heavy atom. The minimum absolute atomic E-state index is 0.0160. The number of nitrogens with zero attached hydrogens (tertiary/aromatic N) is 3. The Hall–Kier alpha value is -3.28. The number of para-hydroxylation sites is 1. The van der Waals surface area contributed by atoms with Crippen LogP contribution in [0.25, 0.3) is 10.9 Å². The molecule has 3 aromatic rings. The summed E-state index contributed by atoms with van der Waals surface area (Å²) < 4.78 is 0. The number of nitrogens with one attached hydrogen (secondary N) is 1. The van der Waals surface area contributed by atoms with Crippen LogP contribution < -0.4 is 5.32 Å². The smallest absolute Gasteiger partial charge is 0.253 e. The molecule has 6 nitrogen and oxygen atoms in total.